The number of hydrogen-bond acceptors (Lipinski definition) is 2. The van der Waals surface area contributed by atoms with Gasteiger partial charge in [-0.15, -0.1) is 0 Å². The van der Waals surface area contributed by atoms with Gasteiger partial charge in [-0.25, -0.2) is 0 Å². The molecule has 0 amide bonds. The molecule has 102 valence electrons. The zero-order valence-electron chi connectivity index (χ0n) is 12.5. The third-order valence-electron chi connectivity index (χ3n) is 3.20. The lowest BCUT2D eigenvalue weighted by Crippen LogP contribution is -2.34. The maximum atomic E-state index is 5.97. The van der Waals surface area contributed by atoms with Crippen molar-refractivity contribution in [3.8, 4) is 5.75 Å². The van der Waals surface area contributed by atoms with E-state index in [1.807, 2.05) is 0 Å². The summed E-state index contributed by atoms with van der Waals surface area (Å²) in [6, 6.07) is 6.23. The van der Waals surface area contributed by atoms with Crippen LogP contribution in [-0.4, -0.2) is 19.7 Å². The molecule has 0 spiro atoms. The van der Waals surface area contributed by atoms with Crippen LogP contribution in [0.25, 0.3) is 0 Å². The van der Waals surface area contributed by atoms with Gasteiger partial charge >= 0.3 is 0 Å². The van der Waals surface area contributed by atoms with Gasteiger partial charge in [-0.3, -0.25) is 0 Å². The summed E-state index contributed by atoms with van der Waals surface area (Å²) in [4.78, 5) is 0. The first-order valence-corrected chi connectivity index (χ1v) is 6.86. The van der Waals surface area contributed by atoms with Gasteiger partial charge in [-0.05, 0) is 44.0 Å². The predicted octanol–water partition coefficient (Wildman–Crippen LogP) is 3.71. The molecule has 2 heteroatoms. The standard InChI is InChI=1S/C16H27NO/c1-6-10-17-11-16(4,5)12-18-15-9-7-8-13(2)14(15)3/h7-9,17H,6,10-12H2,1-5H3. The van der Waals surface area contributed by atoms with Crippen molar-refractivity contribution in [3.63, 3.8) is 0 Å². The quantitative estimate of drug-likeness (QED) is 0.744. The van der Waals surface area contributed by atoms with Crippen molar-refractivity contribution in [1.82, 2.24) is 5.32 Å². The SMILES string of the molecule is CCCNCC(C)(C)COc1cccc(C)c1C. The van der Waals surface area contributed by atoms with Crippen LogP contribution >= 0.6 is 0 Å². The zero-order valence-corrected chi connectivity index (χ0v) is 12.5. The number of hydrogen-bond donors (Lipinski definition) is 1. The molecule has 0 aliphatic rings. The summed E-state index contributed by atoms with van der Waals surface area (Å²) >= 11 is 0. The van der Waals surface area contributed by atoms with Gasteiger partial charge < -0.3 is 10.1 Å². The van der Waals surface area contributed by atoms with Crippen molar-refractivity contribution in [2.75, 3.05) is 19.7 Å². The van der Waals surface area contributed by atoms with Crippen LogP contribution in [0.15, 0.2) is 18.2 Å². The van der Waals surface area contributed by atoms with Crippen molar-refractivity contribution < 1.29 is 4.74 Å². The molecular formula is C16H27NO. The van der Waals surface area contributed by atoms with E-state index in [1.54, 1.807) is 0 Å². The third-order valence-corrected chi connectivity index (χ3v) is 3.20. The van der Waals surface area contributed by atoms with Crippen LogP contribution in [0, 0.1) is 19.3 Å². The highest BCUT2D eigenvalue weighted by Crippen LogP contribution is 2.23. The molecule has 0 saturated carbocycles. The van der Waals surface area contributed by atoms with Crippen LogP contribution in [0.4, 0.5) is 0 Å². The van der Waals surface area contributed by atoms with Crippen molar-refractivity contribution in [3.05, 3.63) is 29.3 Å². The summed E-state index contributed by atoms with van der Waals surface area (Å²) in [5.41, 5.74) is 2.69. The van der Waals surface area contributed by atoms with Crippen molar-refractivity contribution in [1.29, 1.82) is 0 Å². The average molecular weight is 249 g/mol. The van der Waals surface area contributed by atoms with E-state index >= 15 is 0 Å². The Hall–Kier alpha value is -1.02. The van der Waals surface area contributed by atoms with Gasteiger partial charge in [0.1, 0.15) is 5.75 Å². The Morgan fingerprint density at radius 3 is 2.61 bits per heavy atom. The lowest BCUT2D eigenvalue weighted by Gasteiger charge is -2.25. The molecule has 0 heterocycles. The second-order valence-electron chi connectivity index (χ2n) is 5.83. The van der Waals surface area contributed by atoms with Crippen LogP contribution in [0.3, 0.4) is 0 Å². The molecule has 0 radical (unpaired) electrons. The van der Waals surface area contributed by atoms with E-state index in [4.69, 9.17) is 4.74 Å². The minimum absolute atomic E-state index is 0.158. The number of rotatable bonds is 7. The van der Waals surface area contributed by atoms with Crippen molar-refractivity contribution in [2.45, 2.75) is 41.0 Å². The van der Waals surface area contributed by atoms with Crippen LogP contribution in [0.5, 0.6) is 5.75 Å². The number of aryl methyl sites for hydroxylation is 1. The first-order valence-electron chi connectivity index (χ1n) is 6.86. The molecule has 2 nitrogen and oxygen atoms in total. The first-order chi connectivity index (χ1) is 8.46. The molecule has 0 aliphatic carbocycles. The Balaban J connectivity index is 2.50. The van der Waals surface area contributed by atoms with Crippen LogP contribution in [0.1, 0.15) is 38.3 Å². The van der Waals surface area contributed by atoms with Gasteiger partial charge in [0.25, 0.3) is 0 Å². The minimum atomic E-state index is 0.158. The van der Waals surface area contributed by atoms with Crippen molar-refractivity contribution in [2.24, 2.45) is 5.41 Å². The summed E-state index contributed by atoms with van der Waals surface area (Å²) < 4.78 is 5.97. The molecule has 1 N–H and O–H groups in total. The number of benzene rings is 1. The topological polar surface area (TPSA) is 21.3 Å². The van der Waals surface area contributed by atoms with Gasteiger partial charge in [-0.2, -0.15) is 0 Å². The second kappa shape index (κ2) is 6.79. The Labute approximate surface area is 112 Å². The monoisotopic (exact) mass is 249 g/mol. The normalized spacial score (nSPS) is 11.6. The van der Waals surface area contributed by atoms with E-state index in [9.17, 15) is 0 Å². The maximum absolute atomic E-state index is 5.97. The molecule has 1 rings (SSSR count). The third kappa shape index (κ3) is 4.69. The largest absolute Gasteiger partial charge is 0.493 e. The first kappa shape index (κ1) is 15.0. The molecule has 0 unspecified atom stereocenters. The second-order valence-corrected chi connectivity index (χ2v) is 5.83. The van der Waals surface area contributed by atoms with Gasteiger partial charge in [-0.1, -0.05) is 32.9 Å². The van der Waals surface area contributed by atoms with Gasteiger partial charge in [0.2, 0.25) is 0 Å². The Morgan fingerprint density at radius 2 is 1.94 bits per heavy atom. The lowest BCUT2D eigenvalue weighted by molar-refractivity contribution is 0.175. The van der Waals surface area contributed by atoms with E-state index in [0.29, 0.717) is 0 Å². The summed E-state index contributed by atoms with van der Waals surface area (Å²) in [6.45, 7) is 13.7. The lowest BCUT2D eigenvalue weighted by atomic mass is 9.94. The minimum Gasteiger partial charge on any atom is -0.493 e. The molecule has 0 fully saturated rings. The molecule has 0 aromatic heterocycles. The van der Waals surface area contributed by atoms with Gasteiger partial charge in [0.15, 0.2) is 0 Å². The Bertz CT molecular complexity index is 371. The summed E-state index contributed by atoms with van der Waals surface area (Å²) in [5.74, 6) is 1.01. The molecule has 0 bridgehead atoms. The fraction of sp³-hybridized carbons (Fsp3) is 0.625. The Morgan fingerprint density at radius 1 is 1.22 bits per heavy atom. The fourth-order valence-corrected chi connectivity index (χ4v) is 1.81. The Kier molecular flexibility index (Phi) is 5.67. The van der Waals surface area contributed by atoms with E-state index in [1.165, 1.54) is 17.5 Å². The predicted molar refractivity (Wildman–Crippen MR) is 78.4 cm³/mol. The fourth-order valence-electron chi connectivity index (χ4n) is 1.81. The molecule has 0 aliphatic heterocycles. The smallest absolute Gasteiger partial charge is 0.122 e. The van der Waals surface area contributed by atoms with Crippen LogP contribution in [-0.2, 0) is 0 Å². The van der Waals surface area contributed by atoms with Crippen LogP contribution in [0.2, 0.25) is 0 Å². The molecule has 1 aromatic rings. The highest BCUT2D eigenvalue weighted by atomic mass is 16.5. The van der Waals surface area contributed by atoms with Gasteiger partial charge in [0.05, 0.1) is 6.61 Å². The van der Waals surface area contributed by atoms with Crippen molar-refractivity contribution >= 4 is 0 Å². The van der Waals surface area contributed by atoms with E-state index in [2.05, 4.69) is 58.1 Å². The highest BCUT2D eigenvalue weighted by molar-refractivity contribution is 5.38. The maximum Gasteiger partial charge on any atom is 0.122 e. The molecule has 0 saturated heterocycles. The molecular weight excluding hydrogens is 222 g/mol. The number of nitrogens with one attached hydrogen (secondary N) is 1. The number of ether oxygens (including phenoxy) is 1. The van der Waals surface area contributed by atoms with Crippen LogP contribution < -0.4 is 10.1 Å². The molecule has 0 atom stereocenters. The zero-order chi connectivity index (χ0) is 13.6. The van der Waals surface area contributed by atoms with Gasteiger partial charge in [0, 0.05) is 12.0 Å². The highest BCUT2D eigenvalue weighted by Gasteiger charge is 2.18. The summed E-state index contributed by atoms with van der Waals surface area (Å²) in [6.07, 6.45) is 1.17. The molecule has 18 heavy (non-hydrogen) atoms. The van der Waals surface area contributed by atoms with E-state index < -0.39 is 0 Å². The van der Waals surface area contributed by atoms with E-state index in [0.717, 1.165) is 25.4 Å². The summed E-state index contributed by atoms with van der Waals surface area (Å²) in [5, 5.41) is 3.46. The average Bonchev–Trinajstić information content (AvgIpc) is 2.31. The molecule has 1 aromatic carbocycles. The van der Waals surface area contributed by atoms with E-state index in [-0.39, 0.29) is 5.41 Å². The summed E-state index contributed by atoms with van der Waals surface area (Å²) in [7, 11) is 0.